The first-order valence-corrected chi connectivity index (χ1v) is 11.2. The molecule has 0 spiro atoms. The number of hydrogen-bond acceptors (Lipinski definition) is 5. The Labute approximate surface area is 167 Å². The van der Waals surface area contributed by atoms with Crippen molar-refractivity contribution in [3.63, 3.8) is 0 Å². The van der Waals surface area contributed by atoms with Crippen LogP contribution in [0.25, 0.3) is 0 Å². The second kappa shape index (κ2) is 10.2. The third kappa shape index (κ3) is 6.04. The summed E-state index contributed by atoms with van der Waals surface area (Å²) in [6.07, 6.45) is 6.70. The molecule has 27 heavy (non-hydrogen) atoms. The van der Waals surface area contributed by atoms with Crippen LogP contribution < -0.4 is 14.8 Å². The minimum Gasteiger partial charge on any atom is -0.497 e. The predicted octanol–water partition coefficient (Wildman–Crippen LogP) is 4.03. The highest BCUT2D eigenvalue weighted by molar-refractivity contribution is 7.99. The van der Waals surface area contributed by atoms with Crippen LogP contribution in [0.5, 0.6) is 11.5 Å². The van der Waals surface area contributed by atoms with Gasteiger partial charge >= 0.3 is 0 Å². The first-order chi connectivity index (χ1) is 13.2. The quantitative estimate of drug-likeness (QED) is 0.759. The van der Waals surface area contributed by atoms with Crippen LogP contribution in [-0.4, -0.2) is 55.7 Å². The zero-order valence-electron chi connectivity index (χ0n) is 16.5. The molecule has 0 aromatic heterocycles. The first kappa shape index (κ1) is 20.3. The molecule has 1 N–H and O–H groups in total. The number of nitrogens with one attached hydrogen (secondary N) is 1. The Morgan fingerprint density at radius 2 is 1.85 bits per heavy atom. The lowest BCUT2D eigenvalue weighted by molar-refractivity contribution is -0.116. The highest BCUT2D eigenvalue weighted by atomic mass is 32.2. The van der Waals surface area contributed by atoms with Crippen molar-refractivity contribution in [1.29, 1.82) is 0 Å². The summed E-state index contributed by atoms with van der Waals surface area (Å²) in [6, 6.07) is 6.22. The van der Waals surface area contributed by atoms with Crippen molar-refractivity contribution in [3.05, 3.63) is 18.2 Å². The van der Waals surface area contributed by atoms with Gasteiger partial charge in [0.15, 0.2) is 0 Å². The lowest BCUT2D eigenvalue weighted by Crippen LogP contribution is -2.44. The molecule has 0 aliphatic carbocycles. The van der Waals surface area contributed by atoms with Crippen molar-refractivity contribution in [2.24, 2.45) is 5.92 Å². The Morgan fingerprint density at radius 1 is 1.15 bits per heavy atom. The van der Waals surface area contributed by atoms with Crippen LogP contribution in [0, 0.1) is 5.92 Å². The fourth-order valence-corrected chi connectivity index (χ4v) is 5.23. The number of carbonyl (C=O) groups excluding carboxylic acids is 1. The standard InChI is InChI=1S/C21H32N2O3S/c1-25-19-12-17(13-20(14-19)26-2)22-21(24)6-5-16-4-3-9-23(15-16)18-7-10-27-11-8-18/h12-14,16,18H,3-11,15H2,1-2H3,(H,22,24)/t16-/m0/s1. The van der Waals surface area contributed by atoms with E-state index in [0.717, 1.165) is 24.7 Å². The number of carbonyl (C=O) groups is 1. The van der Waals surface area contributed by atoms with E-state index in [0.29, 0.717) is 23.8 Å². The van der Waals surface area contributed by atoms with Crippen molar-refractivity contribution in [2.75, 3.05) is 44.1 Å². The van der Waals surface area contributed by atoms with E-state index < -0.39 is 0 Å². The number of rotatable bonds is 7. The van der Waals surface area contributed by atoms with Crippen LogP contribution in [0.15, 0.2) is 18.2 Å². The van der Waals surface area contributed by atoms with Crippen LogP contribution in [0.3, 0.4) is 0 Å². The van der Waals surface area contributed by atoms with E-state index in [4.69, 9.17) is 9.47 Å². The molecule has 3 rings (SSSR count). The van der Waals surface area contributed by atoms with Gasteiger partial charge in [0.05, 0.1) is 14.2 Å². The number of thioether (sulfide) groups is 1. The summed E-state index contributed by atoms with van der Waals surface area (Å²) in [5.74, 6) is 4.67. The molecule has 0 saturated carbocycles. The monoisotopic (exact) mass is 392 g/mol. The molecule has 6 heteroatoms. The Hall–Kier alpha value is -1.40. The molecule has 2 fully saturated rings. The van der Waals surface area contributed by atoms with Gasteiger partial charge in [-0.2, -0.15) is 11.8 Å². The molecule has 0 unspecified atom stereocenters. The zero-order chi connectivity index (χ0) is 19.1. The molecule has 2 saturated heterocycles. The van der Waals surface area contributed by atoms with Gasteiger partial charge in [0, 0.05) is 42.9 Å². The van der Waals surface area contributed by atoms with E-state index in [1.807, 2.05) is 12.1 Å². The third-order valence-corrected chi connectivity index (χ3v) is 6.72. The average Bonchev–Trinajstić information content (AvgIpc) is 2.72. The van der Waals surface area contributed by atoms with Gasteiger partial charge in [-0.25, -0.2) is 0 Å². The second-order valence-corrected chi connectivity index (χ2v) is 8.76. The van der Waals surface area contributed by atoms with Gasteiger partial charge in [-0.15, -0.1) is 0 Å². The number of amides is 1. The number of nitrogens with zero attached hydrogens (tertiary/aromatic N) is 1. The number of piperidine rings is 1. The number of anilines is 1. The molecule has 1 amide bonds. The summed E-state index contributed by atoms with van der Waals surface area (Å²) in [5, 5.41) is 2.99. The van der Waals surface area contributed by atoms with Gasteiger partial charge in [0.2, 0.25) is 5.91 Å². The maximum absolute atomic E-state index is 12.4. The van der Waals surface area contributed by atoms with Crippen molar-refractivity contribution in [3.8, 4) is 11.5 Å². The van der Waals surface area contributed by atoms with E-state index in [1.54, 1.807) is 20.3 Å². The van der Waals surface area contributed by atoms with E-state index in [2.05, 4.69) is 22.0 Å². The second-order valence-electron chi connectivity index (χ2n) is 7.53. The summed E-state index contributed by atoms with van der Waals surface area (Å²) < 4.78 is 10.5. The van der Waals surface area contributed by atoms with Crippen LogP contribution >= 0.6 is 11.8 Å². The Morgan fingerprint density at radius 3 is 2.52 bits per heavy atom. The van der Waals surface area contributed by atoms with Gasteiger partial charge < -0.3 is 19.7 Å². The number of hydrogen-bond donors (Lipinski definition) is 1. The smallest absolute Gasteiger partial charge is 0.224 e. The van der Waals surface area contributed by atoms with Crippen LogP contribution in [-0.2, 0) is 4.79 Å². The van der Waals surface area contributed by atoms with E-state index in [-0.39, 0.29) is 5.91 Å². The first-order valence-electron chi connectivity index (χ1n) is 10.0. The van der Waals surface area contributed by atoms with Gasteiger partial charge in [-0.1, -0.05) is 0 Å². The number of benzene rings is 1. The molecule has 2 aliphatic heterocycles. The average molecular weight is 393 g/mol. The minimum absolute atomic E-state index is 0.0662. The summed E-state index contributed by atoms with van der Waals surface area (Å²) in [5.41, 5.74) is 0.723. The molecule has 5 nitrogen and oxygen atoms in total. The number of ether oxygens (including phenoxy) is 2. The number of likely N-dealkylation sites (tertiary alicyclic amines) is 1. The van der Waals surface area contributed by atoms with Crippen molar-refractivity contribution in [2.45, 2.75) is 44.6 Å². The maximum atomic E-state index is 12.4. The summed E-state index contributed by atoms with van der Waals surface area (Å²) in [7, 11) is 3.22. The third-order valence-electron chi connectivity index (χ3n) is 5.67. The van der Waals surface area contributed by atoms with Crippen LogP contribution in [0.4, 0.5) is 5.69 Å². The topological polar surface area (TPSA) is 50.8 Å². The Bertz CT molecular complexity index is 597. The Balaban J connectivity index is 1.47. The van der Waals surface area contributed by atoms with E-state index in [1.165, 1.54) is 43.7 Å². The van der Waals surface area contributed by atoms with Gasteiger partial charge in [0.25, 0.3) is 0 Å². The molecule has 0 bridgehead atoms. The molecule has 0 radical (unpaired) electrons. The lowest BCUT2D eigenvalue weighted by Gasteiger charge is -2.40. The predicted molar refractivity (Wildman–Crippen MR) is 112 cm³/mol. The highest BCUT2D eigenvalue weighted by Crippen LogP contribution is 2.29. The summed E-state index contributed by atoms with van der Waals surface area (Å²) in [4.78, 5) is 15.1. The lowest BCUT2D eigenvalue weighted by atomic mass is 9.91. The fraction of sp³-hybridized carbons (Fsp3) is 0.667. The molecule has 2 heterocycles. The normalized spacial score (nSPS) is 21.6. The Kier molecular flexibility index (Phi) is 7.70. The molecule has 1 aromatic rings. The molecular weight excluding hydrogens is 360 g/mol. The van der Waals surface area contributed by atoms with Crippen molar-refractivity contribution in [1.82, 2.24) is 4.90 Å². The van der Waals surface area contributed by atoms with Gasteiger partial charge in [-0.3, -0.25) is 4.79 Å². The molecule has 150 valence electrons. The molecule has 2 aliphatic rings. The molecule has 1 aromatic carbocycles. The van der Waals surface area contributed by atoms with E-state index >= 15 is 0 Å². The SMILES string of the molecule is COc1cc(NC(=O)CC[C@@H]2CCCN(C3CCSCC3)C2)cc(OC)c1. The number of methoxy groups -OCH3 is 2. The minimum atomic E-state index is 0.0662. The summed E-state index contributed by atoms with van der Waals surface area (Å²) >= 11 is 2.09. The fourth-order valence-electron chi connectivity index (χ4n) is 4.15. The van der Waals surface area contributed by atoms with Crippen molar-refractivity contribution >= 4 is 23.4 Å². The molecule has 1 atom stereocenters. The molecular formula is C21H32N2O3S. The van der Waals surface area contributed by atoms with Crippen LogP contribution in [0.2, 0.25) is 0 Å². The largest absolute Gasteiger partial charge is 0.497 e. The maximum Gasteiger partial charge on any atom is 0.224 e. The van der Waals surface area contributed by atoms with Gasteiger partial charge in [0.1, 0.15) is 11.5 Å². The van der Waals surface area contributed by atoms with Crippen molar-refractivity contribution < 1.29 is 14.3 Å². The van der Waals surface area contributed by atoms with Crippen LogP contribution in [0.1, 0.15) is 38.5 Å². The summed E-state index contributed by atoms with van der Waals surface area (Å²) in [6.45, 7) is 2.40. The van der Waals surface area contributed by atoms with E-state index in [9.17, 15) is 4.79 Å². The highest BCUT2D eigenvalue weighted by Gasteiger charge is 2.27. The van der Waals surface area contributed by atoms with Gasteiger partial charge in [-0.05, 0) is 56.1 Å². The zero-order valence-corrected chi connectivity index (χ0v) is 17.4.